The number of likely N-dealkylation sites (tertiary alicyclic amines) is 1. The standard InChI is InChI=1S/C16H24F2N2/c1-3-16(4-2)5-6-20(11-16)15(10-19)12-7-13(17)9-14(18)8-12/h7-9,15H,3-6,10-11,19H2,1-2H3. The molecule has 0 bridgehead atoms. The topological polar surface area (TPSA) is 29.3 Å². The van der Waals surface area contributed by atoms with Gasteiger partial charge >= 0.3 is 0 Å². The van der Waals surface area contributed by atoms with Gasteiger partial charge in [0, 0.05) is 25.2 Å². The van der Waals surface area contributed by atoms with Crippen LogP contribution in [0.15, 0.2) is 18.2 Å². The Bertz CT molecular complexity index is 438. The largest absolute Gasteiger partial charge is 0.329 e. The molecule has 2 nitrogen and oxygen atoms in total. The lowest BCUT2D eigenvalue weighted by Gasteiger charge is -2.31. The molecule has 0 amide bonds. The second kappa shape index (κ2) is 6.19. The fourth-order valence-electron chi connectivity index (χ4n) is 3.33. The van der Waals surface area contributed by atoms with E-state index in [9.17, 15) is 8.78 Å². The van der Waals surface area contributed by atoms with Crippen molar-refractivity contribution in [2.45, 2.75) is 39.2 Å². The number of nitrogens with zero attached hydrogens (tertiary/aromatic N) is 1. The van der Waals surface area contributed by atoms with E-state index in [-0.39, 0.29) is 6.04 Å². The average Bonchev–Trinajstić information content (AvgIpc) is 2.83. The van der Waals surface area contributed by atoms with Crippen LogP contribution in [-0.4, -0.2) is 24.5 Å². The molecule has 0 spiro atoms. The highest BCUT2D eigenvalue weighted by atomic mass is 19.1. The monoisotopic (exact) mass is 282 g/mol. The molecule has 1 aromatic carbocycles. The molecule has 2 N–H and O–H groups in total. The summed E-state index contributed by atoms with van der Waals surface area (Å²) < 4.78 is 26.8. The maximum atomic E-state index is 13.4. The Morgan fingerprint density at radius 2 is 1.80 bits per heavy atom. The van der Waals surface area contributed by atoms with Crippen molar-refractivity contribution in [2.75, 3.05) is 19.6 Å². The smallest absolute Gasteiger partial charge is 0.126 e. The van der Waals surface area contributed by atoms with Gasteiger partial charge in [-0.2, -0.15) is 0 Å². The third kappa shape index (κ3) is 3.01. The molecule has 1 aliphatic heterocycles. The Morgan fingerprint density at radius 1 is 1.20 bits per heavy atom. The molecular weight excluding hydrogens is 258 g/mol. The van der Waals surface area contributed by atoms with E-state index in [4.69, 9.17) is 5.73 Å². The summed E-state index contributed by atoms with van der Waals surface area (Å²) in [6, 6.07) is 3.61. The van der Waals surface area contributed by atoms with Crippen molar-refractivity contribution in [3.63, 3.8) is 0 Å². The Kier molecular flexibility index (Phi) is 4.76. The summed E-state index contributed by atoms with van der Waals surface area (Å²) in [5, 5.41) is 0. The van der Waals surface area contributed by atoms with Gasteiger partial charge in [0.05, 0.1) is 0 Å². The van der Waals surface area contributed by atoms with Crippen molar-refractivity contribution in [1.82, 2.24) is 4.90 Å². The van der Waals surface area contributed by atoms with Crippen molar-refractivity contribution in [1.29, 1.82) is 0 Å². The van der Waals surface area contributed by atoms with E-state index >= 15 is 0 Å². The quantitative estimate of drug-likeness (QED) is 0.896. The molecule has 0 saturated carbocycles. The van der Waals surface area contributed by atoms with Crippen LogP contribution in [0.2, 0.25) is 0 Å². The summed E-state index contributed by atoms with van der Waals surface area (Å²) in [6.45, 7) is 6.71. The molecule has 0 aromatic heterocycles. The Morgan fingerprint density at radius 3 is 2.25 bits per heavy atom. The minimum atomic E-state index is -0.533. The van der Waals surface area contributed by atoms with E-state index < -0.39 is 11.6 Å². The van der Waals surface area contributed by atoms with Crippen LogP contribution in [0.25, 0.3) is 0 Å². The van der Waals surface area contributed by atoms with Crippen LogP contribution in [-0.2, 0) is 0 Å². The van der Waals surface area contributed by atoms with Crippen molar-refractivity contribution < 1.29 is 8.78 Å². The number of benzene rings is 1. The lowest BCUT2D eigenvalue weighted by atomic mass is 9.82. The Hall–Kier alpha value is -1.00. The molecule has 0 aliphatic carbocycles. The van der Waals surface area contributed by atoms with E-state index in [2.05, 4.69) is 18.7 Å². The summed E-state index contributed by atoms with van der Waals surface area (Å²) in [5.41, 5.74) is 6.85. The summed E-state index contributed by atoms with van der Waals surface area (Å²) in [7, 11) is 0. The van der Waals surface area contributed by atoms with Crippen LogP contribution in [0.4, 0.5) is 8.78 Å². The van der Waals surface area contributed by atoms with E-state index in [1.807, 2.05) is 0 Å². The van der Waals surface area contributed by atoms with Gasteiger partial charge in [0.15, 0.2) is 0 Å². The first kappa shape index (κ1) is 15.4. The van der Waals surface area contributed by atoms with Crippen LogP contribution in [0.5, 0.6) is 0 Å². The zero-order valence-electron chi connectivity index (χ0n) is 12.3. The summed E-state index contributed by atoms with van der Waals surface area (Å²) >= 11 is 0. The molecule has 2 rings (SSSR count). The molecule has 1 unspecified atom stereocenters. The first-order valence-electron chi connectivity index (χ1n) is 7.43. The normalized spacial score (nSPS) is 20.2. The third-order valence-corrected chi connectivity index (χ3v) is 4.90. The summed E-state index contributed by atoms with van der Waals surface area (Å²) in [5.74, 6) is -1.07. The molecule has 20 heavy (non-hydrogen) atoms. The molecule has 1 aliphatic rings. The van der Waals surface area contributed by atoms with Gasteiger partial charge in [-0.05, 0) is 48.9 Å². The van der Waals surface area contributed by atoms with E-state index in [1.165, 1.54) is 12.1 Å². The molecular formula is C16H24F2N2. The van der Waals surface area contributed by atoms with Gasteiger partial charge in [-0.25, -0.2) is 8.78 Å². The number of hydrogen-bond acceptors (Lipinski definition) is 2. The lowest BCUT2D eigenvalue weighted by molar-refractivity contribution is 0.197. The molecule has 1 heterocycles. The minimum absolute atomic E-state index is 0.0971. The number of halogens is 2. The lowest BCUT2D eigenvalue weighted by Crippen LogP contribution is -2.34. The van der Waals surface area contributed by atoms with E-state index in [0.29, 0.717) is 17.5 Å². The van der Waals surface area contributed by atoms with Crippen LogP contribution < -0.4 is 5.73 Å². The van der Waals surface area contributed by atoms with E-state index in [1.54, 1.807) is 0 Å². The van der Waals surface area contributed by atoms with Crippen molar-refractivity contribution >= 4 is 0 Å². The molecule has 4 heteroatoms. The van der Waals surface area contributed by atoms with Gasteiger partial charge in [0.1, 0.15) is 11.6 Å². The summed E-state index contributed by atoms with van der Waals surface area (Å²) in [6.07, 6.45) is 3.40. The first-order valence-corrected chi connectivity index (χ1v) is 7.43. The molecule has 112 valence electrons. The van der Waals surface area contributed by atoms with Gasteiger partial charge < -0.3 is 5.73 Å². The zero-order valence-corrected chi connectivity index (χ0v) is 12.3. The van der Waals surface area contributed by atoms with Gasteiger partial charge in [-0.15, -0.1) is 0 Å². The van der Waals surface area contributed by atoms with Crippen molar-refractivity contribution in [3.8, 4) is 0 Å². The van der Waals surface area contributed by atoms with Crippen LogP contribution >= 0.6 is 0 Å². The summed E-state index contributed by atoms with van der Waals surface area (Å²) in [4.78, 5) is 2.28. The fraction of sp³-hybridized carbons (Fsp3) is 0.625. The maximum Gasteiger partial charge on any atom is 0.126 e. The predicted octanol–water partition coefficient (Wildman–Crippen LogP) is 3.48. The Labute approximate surface area is 120 Å². The van der Waals surface area contributed by atoms with Crippen molar-refractivity contribution in [2.24, 2.45) is 11.1 Å². The molecule has 1 fully saturated rings. The maximum absolute atomic E-state index is 13.4. The van der Waals surface area contributed by atoms with Gasteiger partial charge in [-0.1, -0.05) is 13.8 Å². The first-order chi connectivity index (χ1) is 9.53. The van der Waals surface area contributed by atoms with Crippen LogP contribution in [0.1, 0.15) is 44.7 Å². The van der Waals surface area contributed by atoms with Crippen LogP contribution in [0, 0.1) is 17.0 Å². The second-order valence-electron chi connectivity index (χ2n) is 5.88. The highest BCUT2D eigenvalue weighted by molar-refractivity contribution is 5.22. The number of hydrogen-bond donors (Lipinski definition) is 1. The molecule has 1 atom stereocenters. The molecule has 0 radical (unpaired) electrons. The third-order valence-electron chi connectivity index (χ3n) is 4.90. The van der Waals surface area contributed by atoms with Gasteiger partial charge in [0.25, 0.3) is 0 Å². The SMILES string of the molecule is CCC1(CC)CCN(C(CN)c2cc(F)cc(F)c2)C1. The van der Waals surface area contributed by atoms with Gasteiger partial charge in [0.2, 0.25) is 0 Å². The average molecular weight is 282 g/mol. The molecule has 1 saturated heterocycles. The highest BCUT2D eigenvalue weighted by Crippen LogP contribution is 2.40. The van der Waals surface area contributed by atoms with Gasteiger partial charge in [-0.3, -0.25) is 4.90 Å². The fourth-order valence-corrected chi connectivity index (χ4v) is 3.33. The van der Waals surface area contributed by atoms with Crippen LogP contribution in [0.3, 0.4) is 0 Å². The molecule has 1 aromatic rings. The van der Waals surface area contributed by atoms with Crippen molar-refractivity contribution in [3.05, 3.63) is 35.4 Å². The second-order valence-corrected chi connectivity index (χ2v) is 5.88. The Balaban J connectivity index is 2.21. The van der Waals surface area contributed by atoms with E-state index in [0.717, 1.165) is 38.4 Å². The predicted molar refractivity (Wildman–Crippen MR) is 77.4 cm³/mol. The zero-order chi connectivity index (χ0) is 14.8. The number of nitrogens with two attached hydrogens (primary N) is 1. The highest BCUT2D eigenvalue weighted by Gasteiger charge is 2.37. The number of rotatable bonds is 5. The minimum Gasteiger partial charge on any atom is -0.329 e.